The SMILES string of the molecule is COc1ccc(C(NC(=O)CCNS(=O)(=O)c2ccccc2)C2CC2)cc1. The fraction of sp³-hybridized carbons (Fsp3) is 0.350. The zero-order valence-electron chi connectivity index (χ0n) is 15.2. The molecule has 6 nitrogen and oxygen atoms in total. The first-order valence-electron chi connectivity index (χ1n) is 8.97. The highest BCUT2D eigenvalue weighted by Crippen LogP contribution is 2.41. The lowest BCUT2D eigenvalue weighted by Crippen LogP contribution is -2.33. The van der Waals surface area contributed by atoms with Crippen LogP contribution in [-0.2, 0) is 14.8 Å². The van der Waals surface area contributed by atoms with Gasteiger partial charge in [-0.15, -0.1) is 0 Å². The Morgan fingerprint density at radius 1 is 1.11 bits per heavy atom. The van der Waals surface area contributed by atoms with Crippen molar-refractivity contribution in [1.29, 1.82) is 0 Å². The summed E-state index contributed by atoms with van der Waals surface area (Å²) in [6.45, 7) is 0.0586. The van der Waals surface area contributed by atoms with Gasteiger partial charge in [0.15, 0.2) is 0 Å². The maximum absolute atomic E-state index is 12.3. The Morgan fingerprint density at radius 3 is 2.37 bits per heavy atom. The van der Waals surface area contributed by atoms with Crippen LogP contribution in [0.3, 0.4) is 0 Å². The van der Waals surface area contributed by atoms with Crippen molar-refractivity contribution < 1.29 is 17.9 Å². The lowest BCUT2D eigenvalue weighted by Gasteiger charge is -2.19. The summed E-state index contributed by atoms with van der Waals surface area (Å²) in [5.41, 5.74) is 1.04. The molecular weight excluding hydrogens is 364 g/mol. The van der Waals surface area contributed by atoms with Crippen LogP contribution in [0.5, 0.6) is 5.75 Å². The molecule has 0 spiro atoms. The number of benzene rings is 2. The second kappa shape index (κ2) is 8.54. The van der Waals surface area contributed by atoms with E-state index in [2.05, 4.69) is 10.0 Å². The normalized spacial score (nSPS) is 15.1. The first kappa shape index (κ1) is 19.4. The summed E-state index contributed by atoms with van der Waals surface area (Å²) < 4.78 is 32.0. The Hall–Kier alpha value is -2.38. The van der Waals surface area contributed by atoms with Gasteiger partial charge in [-0.05, 0) is 48.6 Å². The first-order valence-corrected chi connectivity index (χ1v) is 10.5. The fourth-order valence-corrected chi connectivity index (χ4v) is 3.99. The standard InChI is InChI=1S/C20H24N2O4S/c1-26-17-11-9-16(10-12-17)20(15-7-8-15)22-19(23)13-14-21-27(24,25)18-5-3-2-4-6-18/h2-6,9-12,15,20-21H,7-8,13-14H2,1H3,(H,22,23). The van der Waals surface area contributed by atoms with Crippen molar-refractivity contribution in [2.75, 3.05) is 13.7 Å². The van der Waals surface area contributed by atoms with Crippen molar-refractivity contribution in [2.24, 2.45) is 5.92 Å². The van der Waals surface area contributed by atoms with Crippen molar-refractivity contribution in [2.45, 2.75) is 30.2 Å². The predicted molar refractivity (Wildman–Crippen MR) is 103 cm³/mol. The lowest BCUT2D eigenvalue weighted by molar-refractivity contribution is -0.121. The van der Waals surface area contributed by atoms with Gasteiger partial charge in [0.1, 0.15) is 5.75 Å². The van der Waals surface area contributed by atoms with Crippen LogP contribution in [-0.4, -0.2) is 28.0 Å². The van der Waals surface area contributed by atoms with Gasteiger partial charge in [0, 0.05) is 13.0 Å². The van der Waals surface area contributed by atoms with Crippen LogP contribution >= 0.6 is 0 Å². The maximum atomic E-state index is 12.3. The summed E-state index contributed by atoms with van der Waals surface area (Å²) in [5, 5.41) is 3.04. The minimum absolute atomic E-state index is 0.0471. The number of nitrogens with one attached hydrogen (secondary N) is 2. The van der Waals surface area contributed by atoms with E-state index in [0.29, 0.717) is 5.92 Å². The van der Waals surface area contributed by atoms with Gasteiger partial charge in [0.25, 0.3) is 0 Å². The molecule has 0 aromatic heterocycles. The summed E-state index contributed by atoms with van der Waals surface area (Å²) in [6, 6.07) is 15.8. The number of carbonyl (C=O) groups is 1. The maximum Gasteiger partial charge on any atom is 0.240 e. The highest BCUT2D eigenvalue weighted by Gasteiger charge is 2.33. The lowest BCUT2D eigenvalue weighted by atomic mass is 10.0. The number of hydrogen-bond donors (Lipinski definition) is 2. The quantitative estimate of drug-likeness (QED) is 0.692. The number of sulfonamides is 1. The molecule has 2 N–H and O–H groups in total. The van der Waals surface area contributed by atoms with E-state index in [1.807, 2.05) is 24.3 Å². The number of ether oxygens (including phenoxy) is 1. The average Bonchev–Trinajstić information content (AvgIpc) is 3.52. The largest absolute Gasteiger partial charge is 0.497 e. The molecule has 144 valence electrons. The van der Waals surface area contributed by atoms with Crippen molar-refractivity contribution >= 4 is 15.9 Å². The van der Waals surface area contributed by atoms with Gasteiger partial charge < -0.3 is 10.1 Å². The Labute approximate surface area is 160 Å². The first-order chi connectivity index (χ1) is 13.0. The van der Waals surface area contributed by atoms with E-state index < -0.39 is 10.0 Å². The van der Waals surface area contributed by atoms with Gasteiger partial charge >= 0.3 is 0 Å². The fourth-order valence-electron chi connectivity index (χ4n) is 2.94. The Morgan fingerprint density at radius 2 is 1.78 bits per heavy atom. The van der Waals surface area contributed by atoms with Crippen LogP contribution in [0.15, 0.2) is 59.5 Å². The Bertz CT molecular complexity index is 863. The second-order valence-electron chi connectivity index (χ2n) is 6.62. The molecule has 1 aliphatic rings. The van der Waals surface area contributed by atoms with Crippen LogP contribution in [0.4, 0.5) is 0 Å². The smallest absolute Gasteiger partial charge is 0.240 e. The van der Waals surface area contributed by atoms with Gasteiger partial charge in [0.2, 0.25) is 15.9 Å². The van der Waals surface area contributed by atoms with Crippen molar-refractivity contribution in [1.82, 2.24) is 10.0 Å². The van der Waals surface area contributed by atoms with Crippen molar-refractivity contribution in [3.63, 3.8) is 0 Å². The van der Waals surface area contributed by atoms with Crippen LogP contribution in [0.2, 0.25) is 0 Å². The minimum Gasteiger partial charge on any atom is -0.497 e. The van der Waals surface area contributed by atoms with E-state index in [4.69, 9.17) is 4.74 Å². The number of amides is 1. The summed E-state index contributed by atoms with van der Waals surface area (Å²) in [6.07, 6.45) is 2.25. The van der Waals surface area contributed by atoms with Crippen LogP contribution in [0, 0.1) is 5.92 Å². The molecule has 0 aliphatic heterocycles. The van der Waals surface area contributed by atoms with E-state index in [0.717, 1.165) is 24.2 Å². The number of hydrogen-bond acceptors (Lipinski definition) is 4. The molecule has 1 atom stereocenters. The molecule has 2 aromatic rings. The molecule has 1 saturated carbocycles. The van der Waals surface area contributed by atoms with E-state index in [1.54, 1.807) is 25.3 Å². The van der Waals surface area contributed by atoms with Gasteiger partial charge in [-0.3, -0.25) is 4.79 Å². The Balaban J connectivity index is 1.54. The van der Waals surface area contributed by atoms with Crippen LogP contribution < -0.4 is 14.8 Å². The molecule has 27 heavy (non-hydrogen) atoms. The van der Waals surface area contributed by atoms with Gasteiger partial charge in [0.05, 0.1) is 18.0 Å². The molecule has 1 aliphatic carbocycles. The predicted octanol–water partition coefficient (Wildman–Crippen LogP) is 2.63. The topological polar surface area (TPSA) is 84.5 Å². The minimum atomic E-state index is -3.59. The van der Waals surface area contributed by atoms with E-state index >= 15 is 0 Å². The molecule has 0 saturated heterocycles. The molecule has 2 aromatic carbocycles. The summed E-state index contributed by atoms with van der Waals surface area (Å²) in [5.74, 6) is 1.04. The molecule has 1 amide bonds. The highest BCUT2D eigenvalue weighted by molar-refractivity contribution is 7.89. The van der Waals surface area contributed by atoms with Crippen LogP contribution in [0.1, 0.15) is 30.9 Å². The summed E-state index contributed by atoms with van der Waals surface area (Å²) >= 11 is 0. The Kier molecular flexibility index (Phi) is 6.13. The second-order valence-corrected chi connectivity index (χ2v) is 8.38. The third-order valence-electron chi connectivity index (χ3n) is 4.58. The number of carbonyl (C=O) groups excluding carboxylic acids is 1. The zero-order valence-corrected chi connectivity index (χ0v) is 16.0. The van der Waals surface area contributed by atoms with Gasteiger partial charge in [-0.1, -0.05) is 30.3 Å². The summed E-state index contributed by atoms with van der Waals surface area (Å²) in [7, 11) is -1.98. The molecule has 7 heteroatoms. The number of rotatable bonds is 9. The monoisotopic (exact) mass is 388 g/mol. The molecule has 1 unspecified atom stereocenters. The van der Waals surface area contributed by atoms with E-state index in [-0.39, 0.29) is 29.8 Å². The molecular formula is C20H24N2O4S. The third-order valence-corrected chi connectivity index (χ3v) is 6.06. The molecule has 0 bridgehead atoms. The van der Waals surface area contributed by atoms with E-state index in [1.165, 1.54) is 12.1 Å². The molecule has 3 rings (SSSR count). The van der Waals surface area contributed by atoms with Crippen molar-refractivity contribution in [3.8, 4) is 5.75 Å². The summed E-state index contributed by atoms with van der Waals surface area (Å²) in [4.78, 5) is 12.5. The molecule has 0 radical (unpaired) electrons. The van der Waals surface area contributed by atoms with Gasteiger partial charge in [-0.25, -0.2) is 13.1 Å². The zero-order chi connectivity index (χ0) is 19.3. The highest BCUT2D eigenvalue weighted by atomic mass is 32.2. The van der Waals surface area contributed by atoms with Crippen molar-refractivity contribution in [3.05, 3.63) is 60.2 Å². The molecule has 0 heterocycles. The third kappa shape index (κ3) is 5.30. The van der Waals surface area contributed by atoms with Gasteiger partial charge in [-0.2, -0.15) is 0 Å². The van der Waals surface area contributed by atoms with E-state index in [9.17, 15) is 13.2 Å². The average molecular weight is 388 g/mol. The van der Waals surface area contributed by atoms with Crippen LogP contribution in [0.25, 0.3) is 0 Å². The number of methoxy groups -OCH3 is 1. The molecule has 1 fully saturated rings.